The number of para-hydroxylation sites is 1. The highest BCUT2D eigenvalue weighted by Gasteiger charge is 2.14. The van der Waals surface area contributed by atoms with Crippen molar-refractivity contribution in [3.05, 3.63) is 53.6 Å². The summed E-state index contributed by atoms with van der Waals surface area (Å²) in [6.07, 6.45) is 2.27. The monoisotopic (exact) mass is 284 g/mol. The van der Waals surface area contributed by atoms with Crippen molar-refractivity contribution in [3.63, 3.8) is 0 Å². The number of unbranched alkanes of at least 4 members (excludes halogenated alkanes) is 1. The number of fused-ring (bicyclic) bond motifs is 1. The molecule has 0 bridgehead atoms. The number of imidazole rings is 1. The van der Waals surface area contributed by atoms with Crippen LogP contribution in [0.15, 0.2) is 48.5 Å². The van der Waals surface area contributed by atoms with E-state index in [4.69, 9.17) is 16.6 Å². The highest BCUT2D eigenvalue weighted by atomic mass is 35.5. The van der Waals surface area contributed by atoms with Gasteiger partial charge in [0.1, 0.15) is 5.82 Å². The molecule has 0 radical (unpaired) electrons. The molecule has 1 heterocycles. The van der Waals surface area contributed by atoms with E-state index in [0.29, 0.717) is 0 Å². The average Bonchev–Trinajstić information content (AvgIpc) is 2.86. The van der Waals surface area contributed by atoms with Gasteiger partial charge in [-0.3, -0.25) is 0 Å². The van der Waals surface area contributed by atoms with E-state index in [-0.39, 0.29) is 0 Å². The molecule has 0 atom stereocenters. The van der Waals surface area contributed by atoms with E-state index in [0.717, 1.165) is 46.8 Å². The Bertz CT molecular complexity index is 716. The second-order valence-corrected chi connectivity index (χ2v) is 5.32. The second-order valence-electron chi connectivity index (χ2n) is 4.91. The summed E-state index contributed by atoms with van der Waals surface area (Å²) in [5.41, 5.74) is 3.14. The topological polar surface area (TPSA) is 17.8 Å². The maximum absolute atomic E-state index is 6.38. The minimum absolute atomic E-state index is 0.772. The van der Waals surface area contributed by atoms with E-state index >= 15 is 0 Å². The van der Waals surface area contributed by atoms with Crippen LogP contribution in [0.25, 0.3) is 22.4 Å². The summed E-state index contributed by atoms with van der Waals surface area (Å²) in [4.78, 5) is 4.78. The first kappa shape index (κ1) is 13.2. The van der Waals surface area contributed by atoms with E-state index in [1.54, 1.807) is 0 Å². The third kappa shape index (κ3) is 2.32. The predicted octanol–water partition coefficient (Wildman–Crippen LogP) is 5.16. The van der Waals surface area contributed by atoms with Crippen LogP contribution >= 0.6 is 11.6 Å². The molecule has 2 nitrogen and oxygen atoms in total. The number of hydrogen-bond acceptors (Lipinski definition) is 1. The largest absolute Gasteiger partial charge is 0.323 e. The first-order valence-electron chi connectivity index (χ1n) is 7.01. The summed E-state index contributed by atoms with van der Waals surface area (Å²) in [5, 5.41) is 0.772. The third-order valence-electron chi connectivity index (χ3n) is 3.48. The van der Waals surface area contributed by atoms with Crippen LogP contribution in [0.2, 0.25) is 5.02 Å². The van der Waals surface area contributed by atoms with Gasteiger partial charge < -0.3 is 4.57 Å². The molecular formula is C17H17ClN2. The van der Waals surface area contributed by atoms with E-state index in [1.807, 2.05) is 36.4 Å². The van der Waals surface area contributed by atoms with Crippen LogP contribution in [0.1, 0.15) is 19.8 Å². The molecule has 20 heavy (non-hydrogen) atoms. The minimum atomic E-state index is 0.772. The van der Waals surface area contributed by atoms with E-state index < -0.39 is 0 Å². The summed E-state index contributed by atoms with van der Waals surface area (Å²) in [6, 6.07) is 16.2. The number of aromatic nitrogens is 2. The minimum Gasteiger partial charge on any atom is -0.323 e. The van der Waals surface area contributed by atoms with Gasteiger partial charge in [0.2, 0.25) is 0 Å². The fraction of sp³-hybridized carbons (Fsp3) is 0.235. The van der Waals surface area contributed by atoms with Crippen LogP contribution in [0.3, 0.4) is 0 Å². The molecule has 0 aliphatic rings. The Balaban J connectivity index is 2.23. The average molecular weight is 285 g/mol. The van der Waals surface area contributed by atoms with Crippen LogP contribution in [-0.4, -0.2) is 9.55 Å². The molecule has 0 amide bonds. The zero-order chi connectivity index (χ0) is 13.9. The summed E-state index contributed by atoms with van der Waals surface area (Å²) in [7, 11) is 0. The van der Waals surface area contributed by atoms with Crippen molar-refractivity contribution in [1.29, 1.82) is 0 Å². The van der Waals surface area contributed by atoms with Crippen LogP contribution in [-0.2, 0) is 6.54 Å². The van der Waals surface area contributed by atoms with Crippen molar-refractivity contribution in [2.45, 2.75) is 26.3 Å². The van der Waals surface area contributed by atoms with Crippen LogP contribution in [0, 0.1) is 0 Å². The molecule has 0 fully saturated rings. The number of hydrogen-bond donors (Lipinski definition) is 0. The van der Waals surface area contributed by atoms with Gasteiger partial charge in [0, 0.05) is 12.1 Å². The molecule has 0 N–H and O–H groups in total. The maximum atomic E-state index is 6.38. The molecule has 1 aromatic heterocycles. The second kappa shape index (κ2) is 5.68. The van der Waals surface area contributed by atoms with Crippen molar-refractivity contribution in [2.24, 2.45) is 0 Å². The van der Waals surface area contributed by atoms with Gasteiger partial charge in [-0.05, 0) is 18.6 Å². The molecular weight excluding hydrogens is 268 g/mol. The molecule has 0 aliphatic carbocycles. The SMILES string of the molecule is CCCCn1c(-c2ccccc2)nc2cccc(Cl)c21. The van der Waals surface area contributed by atoms with Gasteiger partial charge in [0.25, 0.3) is 0 Å². The summed E-state index contributed by atoms with van der Waals surface area (Å²) in [6.45, 7) is 3.14. The molecule has 3 aromatic rings. The van der Waals surface area contributed by atoms with Crippen molar-refractivity contribution in [1.82, 2.24) is 9.55 Å². The molecule has 0 saturated heterocycles. The zero-order valence-electron chi connectivity index (χ0n) is 11.5. The molecule has 0 saturated carbocycles. The first-order valence-corrected chi connectivity index (χ1v) is 7.39. The Kier molecular flexibility index (Phi) is 3.75. The Morgan fingerprint density at radius 3 is 2.60 bits per heavy atom. The lowest BCUT2D eigenvalue weighted by Gasteiger charge is -2.09. The fourth-order valence-corrected chi connectivity index (χ4v) is 2.75. The normalized spacial score (nSPS) is 11.1. The lowest BCUT2D eigenvalue weighted by molar-refractivity contribution is 0.651. The Morgan fingerprint density at radius 2 is 1.85 bits per heavy atom. The van der Waals surface area contributed by atoms with Crippen LogP contribution in [0.5, 0.6) is 0 Å². The predicted molar refractivity (Wildman–Crippen MR) is 85.1 cm³/mol. The van der Waals surface area contributed by atoms with E-state index in [1.165, 1.54) is 0 Å². The molecule has 0 aliphatic heterocycles. The molecule has 0 spiro atoms. The Hall–Kier alpha value is -1.80. The number of rotatable bonds is 4. The number of aryl methyl sites for hydroxylation is 1. The van der Waals surface area contributed by atoms with Crippen LogP contribution < -0.4 is 0 Å². The lowest BCUT2D eigenvalue weighted by Crippen LogP contribution is -2.00. The lowest BCUT2D eigenvalue weighted by atomic mass is 10.2. The van der Waals surface area contributed by atoms with Crippen molar-refractivity contribution < 1.29 is 0 Å². The molecule has 0 unspecified atom stereocenters. The van der Waals surface area contributed by atoms with Gasteiger partial charge in [-0.1, -0.05) is 61.3 Å². The summed E-state index contributed by atoms with van der Waals surface area (Å²) >= 11 is 6.38. The van der Waals surface area contributed by atoms with Gasteiger partial charge >= 0.3 is 0 Å². The smallest absolute Gasteiger partial charge is 0.141 e. The molecule has 102 valence electrons. The van der Waals surface area contributed by atoms with E-state index in [2.05, 4.69) is 23.6 Å². The summed E-state index contributed by atoms with van der Waals surface area (Å²) in [5.74, 6) is 1.00. The first-order chi connectivity index (χ1) is 9.81. The standard InChI is InChI=1S/C17H17ClN2/c1-2-3-12-20-16-14(18)10-7-11-15(16)19-17(20)13-8-5-4-6-9-13/h4-11H,2-3,12H2,1H3. The highest BCUT2D eigenvalue weighted by Crippen LogP contribution is 2.29. The Labute approximate surface area is 124 Å². The van der Waals surface area contributed by atoms with Gasteiger partial charge in [0.05, 0.1) is 16.1 Å². The number of halogens is 1. The zero-order valence-corrected chi connectivity index (χ0v) is 12.3. The van der Waals surface area contributed by atoms with Crippen molar-refractivity contribution in [2.75, 3.05) is 0 Å². The van der Waals surface area contributed by atoms with Crippen molar-refractivity contribution in [3.8, 4) is 11.4 Å². The molecule has 3 rings (SSSR count). The molecule has 3 heteroatoms. The number of nitrogens with zero attached hydrogens (tertiary/aromatic N) is 2. The Morgan fingerprint density at radius 1 is 1.05 bits per heavy atom. The third-order valence-corrected chi connectivity index (χ3v) is 3.79. The summed E-state index contributed by atoms with van der Waals surface area (Å²) < 4.78 is 2.25. The van der Waals surface area contributed by atoms with Gasteiger partial charge in [0.15, 0.2) is 0 Å². The van der Waals surface area contributed by atoms with E-state index in [9.17, 15) is 0 Å². The molecule has 2 aromatic carbocycles. The quantitative estimate of drug-likeness (QED) is 0.647. The van der Waals surface area contributed by atoms with Gasteiger partial charge in [-0.15, -0.1) is 0 Å². The van der Waals surface area contributed by atoms with Crippen molar-refractivity contribution >= 4 is 22.6 Å². The van der Waals surface area contributed by atoms with Gasteiger partial charge in [-0.25, -0.2) is 4.98 Å². The highest BCUT2D eigenvalue weighted by molar-refractivity contribution is 6.35. The fourth-order valence-electron chi connectivity index (χ4n) is 2.48. The number of benzene rings is 2. The van der Waals surface area contributed by atoms with Crippen LogP contribution in [0.4, 0.5) is 0 Å². The maximum Gasteiger partial charge on any atom is 0.141 e. The van der Waals surface area contributed by atoms with Gasteiger partial charge in [-0.2, -0.15) is 0 Å².